The Morgan fingerprint density at radius 2 is 2.05 bits per heavy atom. The highest BCUT2D eigenvalue weighted by Crippen LogP contribution is 2.28. The number of nitrogens with two attached hydrogens (primary N) is 1. The number of anilines is 1. The Kier molecular flexibility index (Phi) is 7.45. The van der Waals surface area contributed by atoms with Crippen molar-refractivity contribution in [2.75, 3.05) is 5.32 Å². The fraction of sp³-hybridized carbons (Fsp3) is 0.533. The number of nitrogens with one attached hydrogen (secondary N) is 1. The first-order valence-electron chi connectivity index (χ1n) is 7.05. The van der Waals surface area contributed by atoms with Gasteiger partial charge in [0, 0.05) is 11.6 Å². The Morgan fingerprint density at radius 1 is 1.35 bits per heavy atom. The van der Waals surface area contributed by atoms with Gasteiger partial charge in [-0.15, -0.1) is 0 Å². The van der Waals surface area contributed by atoms with Crippen molar-refractivity contribution < 1.29 is 4.39 Å². The molecule has 0 amide bonds. The highest BCUT2D eigenvalue weighted by Gasteiger charge is 2.15. The van der Waals surface area contributed by atoms with Gasteiger partial charge in [0.2, 0.25) is 0 Å². The van der Waals surface area contributed by atoms with Gasteiger partial charge in [0.05, 0.1) is 10.2 Å². The Morgan fingerprint density at radius 3 is 2.60 bits per heavy atom. The molecule has 3 N–H and O–H groups in total. The van der Waals surface area contributed by atoms with E-state index in [0.29, 0.717) is 21.8 Å². The molecule has 0 aliphatic heterocycles. The molecule has 0 fully saturated rings. The largest absolute Gasteiger partial charge is 0.389 e. The molecular weight excluding hydrogens is 339 g/mol. The molecule has 0 spiro atoms. The van der Waals surface area contributed by atoms with Gasteiger partial charge in [-0.2, -0.15) is 0 Å². The zero-order valence-corrected chi connectivity index (χ0v) is 14.4. The van der Waals surface area contributed by atoms with E-state index >= 15 is 0 Å². The number of hydrogen-bond acceptors (Lipinski definition) is 2. The van der Waals surface area contributed by atoms with Crippen LogP contribution in [0.2, 0.25) is 0 Å². The van der Waals surface area contributed by atoms with Crippen LogP contribution in [0.25, 0.3) is 0 Å². The summed E-state index contributed by atoms with van der Waals surface area (Å²) in [6.45, 7) is 4.31. The second-order valence-electron chi connectivity index (χ2n) is 4.93. The first-order valence-corrected chi connectivity index (χ1v) is 8.25. The Balaban J connectivity index is 2.90. The summed E-state index contributed by atoms with van der Waals surface area (Å²) in [5.74, 6) is -0.326. The lowest BCUT2D eigenvalue weighted by molar-refractivity contribution is 0.556. The molecule has 0 aliphatic rings. The number of halogens is 2. The first-order chi connectivity index (χ1) is 9.51. The van der Waals surface area contributed by atoms with Crippen molar-refractivity contribution in [2.24, 2.45) is 5.73 Å². The highest BCUT2D eigenvalue weighted by molar-refractivity contribution is 9.10. The van der Waals surface area contributed by atoms with E-state index in [4.69, 9.17) is 18.0 Å². The second kappa shape index (κ2) is 8.57. The third-order valence-electron chi connectivity index (χ3n) is 3.25. The van der Waals surface area contributed by atoms with Crippen LogP contribution in [0.5, 0.6) is 0 Å². The van der Waals surface area contributed by atoms with Crippen LogP contribution in [-0.4, -0.2) is 11.0 Å². The van der Waals surface area contributed by atoms with Crippen molar-refractivity contribution in [1.82, 2.24) is 0 Å². The van der Waals surface area contributed by atoms with Crippen LogP contribution in [0.3, 0.4) is 0 Å². The molecule has 0 radical (unpaired) electrons. The van der Waals surface area contributed by atoms with Crippen molar-refractivity contribution in [3.05, 3.63) is 28.0 Å². The Bertz CT molecular complexity index is 465. The summed E-state index contributed by atoms with van der Waals surface area (Å²) in [4.78, 5) is 0.193. The number of rotatable bonds is 8. The van der Waals surface area contributed by atoms with Crippen LogP contribution in [0.15, 0.2) is 16.6 Å². The van der Waals surface area contributed by atoms with E-state index in [1.807, 2.05) is 0 Å². The van der Waals surface area contributed by atoms with Gasteiger partial charge in [-0.3, -0.25) is 0 Å². The van der Waals surface area contributed by atoms with Crippen LogP contribution in [0.1, 0.15) is 51.5 Å². The number of benzene rings is 1. The van der Waals surface area contributed by atoms with Gasteiger partial charge in [0.15, 0.2) is 5.82 Å². The summed E-state index contributed by atoms with van der Waals surface area (Å²) in [5, 5.41) is 3.30. The van der Waals surface area contributed by atoms with Crippen molar-refractivity contribution in [3.63, 3.8) is 0 Å². The van der Waals surface area contributed by atoms with E-state index in [0.717, 1.165) is 32.1 Å². The normalized spacial score (nSPS) is 12.2. The summed E-state index contributed by atoms with van der Waals surface area (Å²) in [6, 6.07) is 3.76. The molecule has 0 saturated heterocycles. The fourth-order valence-corrected chi connectivity index (χ4v) is 3.02. The number of unbranched alkanes of at least 4 members (excludes halogenated alkanes) is 1. The monoisotopic (exact) mass is 360 g/mol. The van der Waals surface area contributed by atoms with Crippen LogP contribution < -0.4 is 11.1 Å². The van der Waals surface area contributed by atoms with Crippen molar-refractivity contribution in [1.29, 1.82) is 0 Å². The van der Waals surface area contributed by atoms with E-state index in [9.17, 15) is 4.39 Å². The fourth-order valence-electron chi connectivity index (χ4n) is 2.16. The molecule has 0 saturated carbocycles. The van der Waals surface area contributed by atoms with E-state index in [-0.39, 0.29) is 10.8 Å². The van der Waals surface area contributed by atoms with Gasteiger partial charge in [0.1, 0.15) is 4.99 Å². The minimum atomic E-state index is -0.326. The minimum Gasteiger partial charge on any atom is -0.389 e. The molecule has 0 bridgehead atoms. The zero-order chi connectivity index (χ0) is 15.1. The average Bonchev–Trinajstić information content (AvgIpc) is 2.41. The van der Waals surface area contributed by atoms with Gasteiger partial charge < -0.3 is 11.1 Å². The zero-order valence-electron chi connectivity index (χ0n) is 12.0. The number of thiocarbonyl (C=S) groups is 1. The molecular formula is C15H22BrFN2S. The van der Waals surface area contributed by atoms with E-state index < -0.39 is 0 Å². The van der Waals surface area contributed by atoms with Crippen LogP contribution in [0.4, 0.5) is 10.1 Å². The molecule has 1 aromatic rings. The quantitative estimate of drug-likeness (QED) is 0.641. The van der Waals surface area contributed by atoms with Crippen LogP contribution in [-0.2, 0) is 0 Å². The van der Waals surface area contributed by atoms with Gasteiger partial charge in [-0.05, 0) is 40.9 Å². The molecule has 5 heteroatoms. The summed E-state index contributed by atoms with van der Waals surface area (Å²) >= 11 is 8.13. The van der Waals surface area contributed by atoms with Crippen molar-refractivity contribution in [3.8, 4) is 0 Å². The molecule has 0 heterocycles. The lowest BCUT2D eigenvalue weighted by Crippen LogP contribution is -2.20. The second-order valence-corrected chi connectivity index (χ2v) is 6.16. The maximum atomic E-state index is 14.3. The van der Waals surface area contributed by atoms with Crippen molar-refractivity contribution >= 4 is 38.8 Å². The average molecular weight is 361 g/mol. The molecule has 0 aromatic heterocycles. The summed E-state index contributed by atoms with van der Waals surface area (Å²) in [5.41, 5.74) is 6.60. The molecule has 0 aliphatic carbocycles. The first kappa shape index (κ1) is 17.4. The van der Waals surface area contributed by atoms with Gasteiger partial charge in [0.25, 0.3) is 0 Å². The molecule has 20 heavy (non-hydrogen) atoms. The standard InChI is InChI=1S/C15H22BrFN2S/c1-3-5-7-10(6-4-2)19-12-9-8-11(15(18)20)13(16)14(12)17/h8-10,19H,3-7H2,1-2H3,(H2,18,20). The summed E-state index contributed by atoms with van der Waals surface area (Å²) in [7, 11) is 0. The Labute approximate surface area is 134 Å². The third kappa shape index (κ3) is 4.70. The van der Waals surface area contributed by atoms with Crippen LogP contribution >= 0.6 is 28.1 Å². The summed E-state index contributed by atoms with van der Waals surface area (Å²) < 4.78 is 14.7. The smallest absolute Gasteiger partial charge is 0.161 e. The topological polar surface area (TPSA) is 38.0 Å². The van der Waals surface area contributed by atoms with E-state index in [2.05, 4.69) is 35.1 Å². The lowest BCUT2D eigenvalue weighted by atomic mass is 10.0. The highest BCUT2D eigenvalue weighted by atomic mass is 79.9. The SMILES string of the molecule is CCCCC(CCC)Nc1ccc(C(N)=S)c(Br)c1F. The Hall–Kier alpha value is -0.680. The third-order valence-corrected chi connectivity index (χ3v) is 4.25. The molecule has 1 rings (SSSR count). The minimum absolute atomic E-state index is 0.193. The van der Waals surface area contributed by atoms with Gasteiger partial charge in [-0.25, -0.2) is 4.39 Å². The van der Waals surface area contributed by atoms with E-state index in [1.165, 1.54) is 0 Å². The predicted molar refractivity (Wildman–Crippen MR) is 91.8 cm³/mol. The van der Waals surface area contributed by atoms with Crippen molar-refractivity contribution in [2.45, 2.75) is 52.0 Å². The molecule has 112 valence electrons. The summed E-state index contributed by atoms with van der Waals surface area (Å²) in [6.07, 6.45) is 5.46. The lowest BCUT2D eigenvalue weighted by Gasteiger charge is -2.20. The number of hydrogen-bond donors (Lipinski definition) is 2. The van der Waals surface area contributed by atoms with Gasteiger partial charge in [-0.1, -0.05) is 45.3 Å². The molecule has 1 unspecified atom stereocenters. The molecule has 2 nitrogen and oxygen atoms in total. The maximum absolute atomic E-state index is 14.3. The maximum Gasteiger partial charge on any atom is 0.161 e. The van der Waals surface area contributed by atoms with Crippen LogP contribution in [0, 0.1) is 5.82 Å². The van der Waals surface area contributed by atoms with Gasteiger partial charge >= 0.3 is 0 Å². The van der Waals surface area contributed by atoms with E-state index in [1.54, 1.807) is 12.1 Å². The predicted octanol–water partition coefficient (Wildman–Crippen LogP) is 4.99. The molecule has 1 atom stereocenters. The molecule has 1 aromatic carbocycles.